The molecular weight excluding hydrogens is 476 g/mol. The first-order chi connectivity index (χ1) is 16.5. The molecule has 0 saturated carbocycles. The van der Waals surface area contributed by atoms with Gasteiger partial charge >= 0.3 is 0 Å². The van der Waals surface area contributed by atoms with E-state index in [9.17, 15) is 9.59 Å². The van der Waals surface area contributed by atoms with Gasteiger partial charge in [-0.2, -0.15) is 0 Å². The largest absolute Gasteiger partial charge is 0.492 e. The normalized spacial score (nSPS) is 10.4. The average Bonchev–Trinajstić information content (AvgIpc) is 3.28. The van der Waals surface area contributed by atoms with E-state index < -0.39 is 0 Å². The molecule has 180 valence electrons. The van der Waals surface area contributed by atoms with Gasteiger partial charge in [0.1, 0.15) is 5.75 Å². The molecule has 0 saturated heterocycles. The van der Waals surface area contributed by atoms with Gasteiger partial charge in [-0.05, 0) is 51.1 Å². The third-order valence-corrected chi connectivity index (χ3v) is 6.19. The van der Waals surface area contributed by atoms with Crippen molar-refractivity contribution in [1.82, 2.24) is 10.2 Å². The number of benzene rings is 2. The van der Waals surface area contributed by atoms with E-state index >= 15 is 0 Å². The van der Waals surface area contributed by atoms with Crippen molar-refractivity contribution in [3.8, 4) is 17.2 Å². The highest BCUT2D eigenvalue weighted by atomic mass is 32.2. The van der Waals surface area contributed by atoms with Crippen molar-refractivity contribution in [2.24, 2.45) is 0 Å². The smallest absolute Gasteiger partial charge is 0.257 e. The summed E-state index contributed by atoms with van der Waals surface area (Å²) in [7, 11) is 0. The molecule has 3 rings (SSSR count). The summed E-state index contributed by atoms with van der Waals surface area (Å²) in [6.45, 7) is 7.07. The van der Waals surface area contributed by atoms with Gasteiger partial charge in [-0.25, -0.2) is 0 Å². The molecule has 0 radical (unpaired) electrons. The van der Waals surface area contributed by atoms with Crippen molar-refractivity contribution < 1.29 is 23.8 Å². The lowest BCUT2D eigenvalue weighted by molar-refractivity contribution is -0.113. The number of nitrogens with zero attached hydrogens (tertiary/aromatic N) is 2. The SMILES string of the molecule is CCOc1ccccc1NC(=O)CSc1nnc(NC(=O)c2ccc(OCC)c(OCC)c2)s1. The number of aromatic nitrogens is 2. The first-order valence-electron chi connectivity index (χ1n) is 10.7. The van der Waals surface area contributed by atoms with E-state index in [0.717, 1.165) is 0 Å². The Labute approximate surface area is 206 Å². The summed E-state index contributed by atoms with van der Waals surface area (Å²) in [6, 6.07) is 12.2. The van der Waals surface area contributed by atoms with E-state index in [1.54, 1.807) is 30.3 Å². The number of amides is 2. The molecule has 0 fully saturated rings. The maximum absolute atomic E-state index is 12.7. The van der Waals surface area contributed by atoms with Crippen LogP contribution in [0.3, 0.4) is 0 Å². The molecule has 0 aliphatic rings. The number of carbonyl (C=O) groups excluding carboxylic acids is 2. The van der Waals surface area contributed by atoms with E-state index in [4.69, 9.17) is 14.2 Å². The number of anilines is 2. The van der Waals surface area contributed by atoms with Crippen LogP contribution in [0.25, 0.3) is 0 Å². The maximum atomic E-state index is 12.7. The van der Waals surface area contributed by atoms with Crippen LogP contribution in [0.15, 0.2) is 46.8 Å². The van der Waals surface area contributed by atoms with Crippen molar-refractivity contribution in [1.29, 1.82) is 0 Å². The van der Waals surface area contributed by atoms with Gasteiger partial charge in [0.05, 0.1) is 31.3 Å². The minimum atomic E-state index is -0.345. The summed E-state index contributed by atoms with van der Waals surface area (Å²) in [5.41, 5.74) is 1.02. The number of carbonyl (C=O) groups is 2. The van der Waals surface area contributed by atoms with Gasteiger partial charge in [0.15, 0.2) is 15.8 Å². The molecule has 0 atom stereocenters. The number of nitrogens with one attached hydrogen (secondary N) is 2. The Bertz CT molecular complexity index is 1120. The molecule has 9 nitrogen and oxygen atoms in total. The van der Waals surface area contributed by atoms with Crippen LogP contribution >= 0.6 is 23.1 Å². The van der Waals surface area contributed by atoms with Crippen molar-refractivity contribution >= 4 is 45.7 Å². The lowest BCUT2D eigenvalue weighted by Crippen LogP contribution is -2.14. The van der Waals surface area contributed by atoms with Crippen molar-refractivity contribution in [3.63, 3.8) is 0 Å². The minimum Gasteiger partial charge on any atom is -0.492 e. The lowest BCUT2D eigenvalue weighted by atomic mass is 10.2. The zero-order chi connectivity index (χ0) is 24.3. The number of rotatable bonds is 12. The van der Waals surface area contributed by atoms with Crippen molar-refractivity contribution in [2.75, 3.05) is 36.2 Å². The molecule has 0 unspecified atom stereocenters. The van der Waals surface area contributed by atoms with Gasteiger partial charge in [0, 0.05) is 5.56 Å². The molecule has 1 aromatic heterocycles. The molecule has 2 aromatic carbocycles. The topological polar surface area (TPSA) is 112 Å². The second-order valence-corrected chi connectivity index (χ2v) is 8.82. The van der Waals surface area contributed by atoms with E-state index in [0.29, 0.717) is 57.8 Å². The lowest BCUT2D eigenvalue weighted by Gasteiger charge is -2.12. The van der Waals surface area contributed by atoms with E-state index in [2.05, 4.69) is 20.8 Å². The Kier molecular flexibility index (Phi) is 9.53. The number of ether oxygens (including phenoxy) is 3. The highest BCUT2D eigenvalue weighted by Crippen LogP contribution is 2.30. The third-order valence-electron chi connectivity index (χ3n) is 4.22. The first-order valence-corrected chi connectivity index (χ1v) is 12.5. The summed E-state index contributed by atoms with van der Waals surface area (Å²) in [4.78, 5) is 25.0. The summed E-state index contributed by atoms with van der Waals surface area (Å²) in [5.74, 6) is 1.29. The van der Waals surface area contributed by atoms with E-state index in [1.165, 1.54) is 23.1 Å². The zero-order valence-electron chi connectivity index (χ0n) is 19.1. The highest BCUT2D eigenvalue weighted by Gasteiger charge is 2.15. The van der Waals surface area contributed by atoms with Crippen LogP contribution in [-0.2, 0) is 4.79 Å². The molecule has 2 amide bonds. The molecule has 0 spiro atoms. The summed E-state index contributed by atoms with van der Waals surface area (Å²) < 4.78 is 17.2. The van der Waals surface area contributed by atoms with E-state index in [1.807, 2.05) is 32.9 Å². The third kappa shape index (κ3) is 7.09. The monoisotopic (exact) mass is 502 g/mol. The van der Waals surface area contributed by atoms with E-state index in [-0.39, 0.29) is 17.6 Å². The van der Waals surface area contributed by atoms with Crippen LogP contribution in [0.1, 0.15) is 31.1 Å². The Balaban J connectivity index is 1.56. The molecule has 0 aliphatic carbocycles. The first kappa shape index (κ1) is 25.3. The number of hydrogen-bond acceptors (Lipinski definition) is 9. The average molecular weight is 503 g/mol. The summed E-state index contributed by atoms with van der Waals surface area (Å²) in [6.07, 6.45) is 0. The molecule has 3 aromatic rings. The van der Waals surface area contributed by atoms with Gasteiger partial charge in [-0.1, -0.05) is 35.2 Å². The minimum absolute atomic E-state index is 0.139. The van der Waals surface area contributed by atoms with Crippen molar-refractivity contribution in [2.45, 2.75) is 25.1 Å². The Morgan fingerprint density at radius 3 is 2.35 bits per heavy atom. The summed E-state index contributed by atoms with van der Waals surface area (Å²) >= 11 is 2.42. The Morgan fingerprint density at radius 1 is 0.882 bits per heavy atom. The second kappa shape index (κ2) is 12.8. The van der Waals surface area contributed by atoms with Crippen LogP contribution in [-0.4, -0.2) is 47.6 Å². The van der Waals surface area contributed by atoms with Crippen LogP contribution in [0, 0.1) is 0 Å². The van der Waals surface area contributed by atoms with Crippen LogP contribution in [0.4, 0.5) is 10.8 Å². The number of thioether (sulfide) groups is 1. The molecular formula is C23H26N4O5S2. The number of para-hydroxylation sites is 2. The predicted octanol–water partition coefficient (Wildman–Crippen LogP) is 4.72. The molecule has 1 heterocycles. The predicted molar refractivity (Wildman–Crippen MR) is 134 cm³/mol. The molecule has 34 heavy (non-hydrogen) atoms. The fraction of sp³-hybridized carbons (Fsp3) is 0.304. The molecule has 0 bridgehead atoms. The Hall–Kier alpha value is -3.31. The fourth-order valence-corrected chi connectivity index (χ4v) is 4.39. The number of hydrogen-bond donors (Lipinski definition) is 2. The fourth-order valence-electron chi connectivity index (χ4n) is 2.85. The van der Waals surface area contributed by atoms with Crippen LogP contribution < -0.4 is 24.8 Å². The molecule has 0 aliphatic heterocycles. The highest BCUT2D eigenvalue weighted by molar-refractivity contribution is 8.01. The van der Waals surface area contributed by atoms with Crippen LogP contribution in [0.2, 0.25) is 0 Å². The van der Waals surface area contributed by atoms with Gasteiger partial charge in [0.25, 0.3) is 5.91 Å². The summed E-state index contributed by atoms with van der Waals surface area (Å²) in [5, 5.41) is 13.9. The van der Waals surface area contributed by atoms with Gasteiger partial charge in [-0.15, -0.1) is 10.2 Å². The quantitative estimate of drug-likeness (QED) is 0.270. The van der Waals surface area contributed by atoms with Crippen molar-refractivity contribution in [3.05, 3.63) is 48.0 Å². The van der Waals surface area contributed by atoms with Gasteiger partial charge < -0.3 is 19.5 Å². The van der Waals surface area contributed by atoms with Gasteiger partial charge in [0.2, 0.25) is 11.0 Å². The van der Waals surface area contributed by atoms with Gasteiger partial charge in [-0.3, -0.25) is 14.9 Å². The molecule has 2 N–H and O–H groups in total. The molecule has 11 heteroatoms. The van der Waals surface area contributed by atoms with Crippen LogP contribution in [0.5, 0.6) is 17.2 Å². The standard InChI is InChI=1S/C23H26N4O5S2/c1-4-30-17-10-8-7-9-16(17)24-20(28)14-33-23-27-26-22(34-23)25-21(29)15-11-12-18(31-5-2)19(13-15)32-6-3/h7-13H,4-6,14H2,1-3H3,(H,24,28)(H,25,26,29). The Morgan fingerprint density at radius 2 is 1.59 bits per heavy atom. The second-order valence-electron chi connectivity index (χ2n) is 6.62. The maximum Gasteiger partial charge on any atom is 0.257 e. The zero-order valence-corrected chi connectivity index (χ0v) is 20.8.